The zero-order chi connectivity index (χ0) is 15.2. The molecule has 0 spiro atoms. The molecule has 0 aromatic heterocycles. The maximum Gasteiger partial charge on any atom is 0.262 e. The van der Waals surface area contributed by atoms with E-state index in [2.05, 4.69) is 5.32 Å². The summed E-state index contributed by atoms with van der Waals surface area (Å²) in [6.45, 7) is -0.140. The highest BCUT2D eigenvalue weighted by Gasteiger charge is 2.06. The summed E-state index contributed by atoms with van der Waals surface area (Å²) in [7, 11) is 0. The Balaban J connectivity index is 1.91. The van der Waals surface area contributed by atoms with Gasteiger partial charge in [0.05, 0.1) is 10.6 Å². The Labute approximate surface area is 131 Å². The van der Waals surface area contributed by atoms with E-state index in [4.69, 9.17) is 33.2 Å². The summed E-state index contributed by atoms with van der Waals surface area (Å²) in [6, 6.07) is 13.3. The summed E-state index contributed by atoms with van der Waals surface area (Å²) >= 11 is 11.6. The van der Waals surface area contributed by atoms with Crippen LogP contribution in [-0.4, -0.2) is 12.5 Å². The van der Waals surface area contributed by atoms with E-state index in [0.717, 1.165) is 0 Å². The van der Waals surface area contributed by atoms with Gasteiger partial charge in [-0.25, -0.2) is 0 Å². The van der Waals surface area contributed by atoms with Crippen LogP contribution in [0.5, 0.6) is 5.75 Å². The smallest absolute Gasteiger partial charge is 0.262 e. The Morgan fingerprint density at radius 3 is 2.52 bits per heavy atom. The Morgan fingerprint density at radius 2 is 1.90 bits per heavy atom. The maximum absolute atomic E-state index is 11.7. The molecular weight excluding hydrogens is 311 g/mol. The fourth-order valence-electron chi connectivity index (χ4n) is 1.56. The summed E-state index contributed by atoms with van der Waals surface area (Å²) in [4.78, 5) is 11.7. The van der Waals surface area contributed by atoms with Crippen LogP contribution in [0.15, 0.2) is 42.5 Å². The highest BCUT2D eigenvalue weighted by atomic mass is 35.5. The van der Waals surface area contributed by atoms with Gasteiger partial charge in [0.15, 0.2) is 6.61 Å². The molecule has 0 unspecified atom stereocenters. The Kier molecular flexibility index (Phi) is 5.04. The minimum atomic E-state index is -0.328. The van der Waals surface area contributed by atoms with E-state index in [9.17, 15) is 4.79 Å². The number of nitrogens with zero attached hydrogens (tertiary/aromatic N) is 1. The second kappa shape index (κ2) is 6.98. The molecule has 0 fully saturated rings. The third-order valence-electron chi connectivity index (χ3n) is 2.56. The number of hydrogen-bond acceptors (Lipinski definition) is 3. The van der Waals surface area contributed by atoms with Crippen molar-refractivity contribution in [3.8, 4) is 11.8 Å². The van der Waals surface area contributed by atoms with Gasteiger partial charge in [-0.15, -0.1) is 0 Å². The number of anilines is 1. The van der Waals surface area contributed by atoms with Crippen LogP contribution in [0.4, 0.5) is 5.69 Å². The van der Waals surface area contributed by atoms with Crippen molar-refractivity contribution in [1.82, 2.24) is 0 Å². The second-order valence-electron chi connectivity index (χ2n) is 4.10. The minimum absolute atomic E-state index is 0.140. The van der Waals surface area contributed by atoms with Crippen molar-refractivity contribution in [2.75, 3.05) is 11.9 Å². The summed E-state index contributed by atoms with van der Waals surface area (Å²) < 4.78 is 5.31. The largest absolute Gasteiger partial charge is 0.484 e. The van der Waals surface area contributed by atoms with Gasteiger partial charge in [0.25, 0.3) is 5.91 Å². The van der Waals surface area contributed by atoms with Gasteiger partial charge in [0.1, 0.15) is 11.8 Å². The lowest BCUT2D eigenvalue weighted by Gasteiger charge is -2.08. The van der Waals surface area contributed by atoms with Crippen molar-refractivity contribution in [3.63, 3.8) is 0 Å². The molecule has 6 heteroatoms. The van der Waals surface area contributed by atoms with Crippen LogP contribution in [0.1, 0.15) is 5.56 Å². The maximum atomic E-state index is 11.7. The number of carbonyl (C=O) groups excluding carboxylic acids is 1. The molecule has 2 aromatic rings. The summed E-state index contributed by atoms with van der Waals surface area (Å²) in [6.07, 6.45) is 0. The Hall–Kier alpha value is -2.22. The van der Waals surface area contributed by atoms with Crippen molar-refractivity contribution < 1.29 is 9.53 Å². The van der Waals surface area contributed by atoms with Crippen LogP contribution in [0.2, 0.25) is 10.0 Å². The van der Waals surface area contributed by atoms with E-state index in [0.29, 0.717) is 22.0 Å². The van der Waals surface area contributed by atoms with Gasteiger partial charge in [-0.2, -0.15) is 5.26 Å². The molecule has 2 aromatic carbocycles. The Bertz CT molecular complexity index is 694. The van der Waals surface area contributed by atoms with Gasteiger partial charge >= 0.3 is 0 Å². The quantitative estimate of drug-likeness (QED) is 0.929. The molecule has 0 bridgehead atoms. The molecule has 0 aliphatic heterocycles. The van der Waals surface area contributed by atoms with Crippen LogP contribution in [0.3, 0.4) is 0 Å². The number of nitriles is 1. The Morgan fingerprint density at radius 1 is 1.19 bits per heavy atom. The first-order chi connectivity index (χ1) is 10.1. The zero-order valence-corrected chi connectivity index (χ0v) is 12.3. The predicted molar refractivity (Wildman–Crippen MR) is 81.7 cm³/mol. The first kappa shape index (κ1) is 15.2. The molecule has 0 saturated carbocycles. The summed E-state index contributed by atoms with van der Waals surface area (Å²) in [5.74, 6) is 0.220. The summed E-state index contributed by atoms with van der Waals surface area (Å²) in [5, 5.41) is 12.3. The molecule has 2 rings (SSSR count). The molecule has 4 nitrogen and oxygen atoms in total. The van der Waals surface area contributed by atoms with Crippen molar-refractivity contribution in [2.45, 2.75) is 0 Å². The van der Waals surface area contributed by atoms with E-state index in [1.165, 1.54) is 12.1 Å². The van der Waals surface area contributed by atoms with Crippen LogP contribution in [0, 0.1) is 11.3 Å². The second-order valence-corrected chi connectivity index (χ2v) is 4.94. The molecule has 0 heterocycles. The highest BCUT2D eigenvalue weighted by Crippen LogP contribution is 2.20. The number of benzene rings is 2. The third kappa shape index (κ3) is 4.38. The molecule has 1 amide bonds. The number of halogens is 2. The number of ether oxygens (including phenoxy) is 1. The standard InChI is InChI=1S/C15H10Cl2N2O2/c16-11-2-5-13(6-3-11)21-9-15(20)19-12-4-1-10(8-18)14(17)7-12/h1-7H,9H2,(H,19,20). The van der Waals surface area contributed by atoms with Crippen LogP contribution >= 0.6 is 23.2 Å². The van der Waals surface area contributed by atoms with Crippen molar-refractivity contribution in [3.05, 3.63) is 58.1 Å². The first-order valence-electron chi connectivity index (χ1n) is 5.96. The third-order valence-corrected chi connectivity index (χ3v) is 3.12. The van der Waals surface area contributed by atoms with Gasteiger partial charge in [-0.1, -0.05) is 23.2 Å². The van der Waals surface area contributed by atoms with Gasteiger partial charge in [0.2, 0.25) is 0 Å². The van der Waals surface area contributed by atoms with Crippen LogP contribution in [0.25, 0.3) is 0 Å². The van der Waals surface area contributed by atoms with Gasteiger partial charge in [0, 0.05) is 10.7 Å². The molecule has 106 valence electrons. The predicted octanol–water partition coefficient (Wildman–Crippen LogP) is 3.88. The van der Waals surface area contributed by atoms with Gasteiger partial charge in [-0.05, 0) is 42.5 Å². The first-order valence-corrected chi connectivity index (χ1v) is 6.72. The molecule has 0 aliphatic rings. The van der Waals surface area contributed by atoms with Crippen molar-refractivity contribution >= 4 is 34.8 Å². The molecule has 0 aliphatic carbocycles. The summed E-state index contributed by atoms with van der Waals surface area (Å²) in [5.41, 5.74) is 0.857. The molecule has 0 saturated heterocycles. The topological polar surface area (TPSA) is 62.1 Å². The van der Waals surface area contributed by atoms with E-state index < -0.39 is 0 Å². The number of hydrogen-bond donors (Lipinski definition) is 1. The number of rotatable bonds is 4. The minimum Gasteiger partial charge on any atom is -0.484 e. The van der Waals surface area contributed by atoms with E-state index >= 15 is 0 Å². The lowest BCUT2D eigenvalue weighted by Crippen LogP contribution is -2.20. The SMILES string of the molecule is N#Cc1ccc(NC(=O)COc2ccc(Cl)cc2)cc1Cl. The highest BCUT2D eigenvalue weighted by molar-refractivity contribution is 6.32. The van der Waals surface area contributed by atoms with Crippen molar-refractivity contribution in [2.24, 2.45) is 0 Å². The molecule has 21 heavy (non-hydrogen) atoms. The zero-order valence-electron chi connectivity index (χ0n) is 10.8. The number of carbonyl (C=O) groups is 1. The lowest BCUT2D eigenvalue weighted by atomic mass is 10.2. The number of nitrogens with one attached hydrogen (secondary N) is 1. The van der Waals surface area contributed by atoms with E-state index in [-0.39, 0.29) is 17.5 Å². The van der Waals surface area contributed by atoms with E-state index in [1.54, 1.807) is 30.3 Å². The average molecular weight is 321 g/mol. The van der Waals surface area contributed by atoms with Gasteiger partial charge in [-0.3, -0.25) is 4.79 Å². The monoisotopic (exact) mass is 320 g/mol. The fraction of sp³-hybridized carbons (Fsp3) is 0.0667. The van der Waals surface area contributed by atoms with Crippen LogP contribution < -0.4 is 10.1 Å². The molecular formula is C15H10Cl2N2O2. The lowest BCUT2D eigenvalue weighted by molar-refractivity contribution is -0.118. The fourth-order valence-corrected chi connectivity index (χ4v) is 1.91. The van der Waals surface area contributed by atoms with E-state index in [1.807, 2.05) is 6.07 Å². The van der Waals surface area contributed by atoms with Crippen molar-refractivity contribution in [1.29, 1.82) is 5.26 Å². The number of amides is 1. The molecule has 0 radical (unpaired) electrons. The molecule has 1 N–H and O–H groups in total. The normalized spacial score (nSPS) is 9.76. The van der Waals surface area contributed by atoms with Crippen LogP contribution in [-0.2, 0) is 4.79 Å². The van der Waals surface area contributed by atoms with Gasteiger partial charge < -0.3 is 10.1 Å². The molecule has 0 atom stereocenters. The average Bonchev–Trinajstić information content (AvgIpc) is 2.47.